The Morgan fingerprint density at radius 1 is 1.12 bits per heavy atom. The van der Waals surface area contributed by atoms with Gasteiger partial charge in [-0.1, -0.05) is 30.7 Å². The predicted molar refractivity (Wildman–Crippen MR) is 97.2 cm³/mol. The highest BCUT2D eigenvalue weighted by atomic mass is 16.5. The van der Waals surface area contributed by atoms with Gasteiger partial charge in [-0.15, -0.1) is 0 Å². The van der Waals surface area contributed by atoms with Crippen LogP contribution in [0.2, 0.25) is 0 Å². The highest BCUT2D eigenvalue weighted by Gasteiger charge is 2.37. The number of ether oxygens (including phenoxy) is 1. The van der Waals surface area contributed by atoms with E-state index in [2.05, 4.69) is 34.5 Å². The zero-order valence-electron chi connectivity index (χ0n) is 15.0. The molecule has 1 N–H and O–H groups in total. The average molecular weight is 343 g/mol. The fourth-order valence-corrected chi connectivity index (χ4v) is 4.55. The predicted octanol–water partition coefficient (Wildman–Crippen LogP) is 2.46. The lowest BCUT2D eigenvalue weighted by molar-refractivity contribution is 0.0342. The Morgan fingerprint density at radius 2 is 1.84 bits per heavy atom. The van der Waals surface area contributed by atoms with Gasteiger partial charge in [-0.2, -0.15) is 0 Å². The van der Waals surface area contributed by atoms with Crippen LogP contribution in [0.3, 0.4) is 0 Å². The smallest absolute Gasteiger partial charge is 0.317 e. The van der Waals surface area contributed by atoms with E-state index in [1.165, 1.54) is 30.4 Å². The van der Waals surface area contributed by atoms with E-state index in [1.807, 2.05) is 4.90 Å². The van der Waals surface area contributed by atoms with Crippen molar-refractivity contribution in [3.8, 4) is 0 Å². The van der Waals surface area contributed by atoms with Gasteiger partial charge in [-0.3, -0.25) is 4.90 Å². The highest BCUT2D eigenvalue weighted by molar-refractivity contribution is 5.74. The molecule has 2 saturated heterocycles. The summed E-state index contributed by atoms with van der Waals surface area (Å²) >= 11 is 0. The van der Waals surface area contributed by atoms with Crippen LogP contribution in [0.25, 0.3) is 0 Å². The second-order valence-electron chi connectivity index (χ2n) is 7.72. The minimum Gasteiger partial charge on any atom is -0.379 e. The third-order valence-electron chi connectivity index (χ3n) is 5.96. The molecule has 0 spiro atoms. The molecular weight excluding hydrogens is 314 g/mol. The molecule has 2 atom stereocenters. The molecule has 5 heteroatoms. The number of likely N-dealkylation sites (tertiary alicyclic amines) is 1. The fourth-order valence-electron chi connectivity index (χ4n) is 4.55. The number of urea groups is 1. The van der Waals surface area contributed by atoms with Crippen molar-refractivity contribution in [3.05, 3.63) is 35.4 Å². The molecule has 1 aromatic carbocycles. The molecule has 2 aliphatic heterocycles. The molecule has 3 aliphatic rings. The monoisotopic (exact) mass is 343 g/mol. The molecule has 1 aromatic rings. The van der Waals surface area contributed by atoms with Crippen molar-refractivity contribution in [1.82, 2.24) is 15.1 Å². The van der Waals surface area contributed by atoms with Crippen LogP contribution < -0.4 is 5.32 Å². The fraction of sp³-hybridized carbons (Fsp3) is 0.650. The summed E-state index contributed by atoms with van der Waals surface area (Å²) in [6.07, 6.45) is 3.96. The number of carbonyl (C=O) groups excluding carboxylic acids is 1. The molecule has 1 aliphatic carbocycles. The van der Waals surface area contributed by atoms with Crippen molar-refractivity contribution in [2.75, 3.05) is 39.4 Å². The number of benzene rings is 1. The van der Waals surface area contributed by atoms with Crippen LogP contribution >= 0.6 is 0 Å². The number of fused-ring (bicyclic) bond motifs is 1. The number of hydrogen-bond donors (Lipinski definition) is 1. The molecular formula is C20H29N3O2. The van der Waals surface area contributed by atoms with Gasteiger partial charge < -0.3 is 15.0 Å². The summed E-state index contributed by atoms with van der Waals surface area (Å²) in [4.78, 5) is 16.9. The first kappa shape index (κ1) is 16.9. The van der Waals surface area contributed by atoms with Crippen molar-refractivity contribution in [2.24, 2.45) is 11.8 Å². The number of nitrogens with one attached hydrogen (secondary N) is 1. The van der Waals surface area contributed by atoms with E-state index < -0.39 is 0 Å². The third kappa shape index (κ3) is 4.15. The minimum atomic E-state index is 0.105. The number of rotatable bonds is 4. The first-order chi connectivity index (χ1) is 12.3. The summed E-state index contributed by atoms with van der Waals surface area (Å²) in [6.45, 7) is 7.13. The van der Waals surface area contributed by atoms with E-state index in [-0.39, 0.29) is 6.03 Å². The molecule has 2 heterocycles. The van der Waals surface area contributed by atoms with Crippen LogP contribution in [-0.2, 0) is 17.8 Å². The minimum absolute atomic E-state index is 0.105. The Bertz CT molecular complexity index is 588. The lowest BCUT2D eigenvalue weighted by Gasteiger charge is -2.26. The molecule has 1 saturated carbocycles. The van der Waals surface area contributed by atoms with Gasteiger partial charge in [0.15, 0.2) is 0 Å². The van der Waals surface area contributed by atoms with Gasteiger partial charge in [0.1, 0.15) is 0 Å². The maximum absolute atomic E-state index is 12.4. The topological polar surface area (TPSA) is 44.8 Å². The lowest BCUT2D eigenvalue weighted by atomic mass is 10.0. The first-order valence-electron chi connectivity index (χ1n) is 9.68. The van der Waals surface area contributed by atoms with Gasteiger partial charge in [0.25, 0.3) is 0 Å². The highest BCUT2D eigenvalue weighted by Crippen LogP contribution is 2.37. The Kier molecular flexibility index (Phi) is 5.22. The third-order valence-corrected chi connectivity index (χ3v) is 5.96. The summed E-state index contributed by atoms with van der Waals surface area (Å²) in [7, 11) is 0. The number of carbonyl (C=O) groups is 1. The van der Waals surface area contributed by atoms with Crippen molar-refractivity contribution in [1.29, 1.82) is 0 Å². The molecule has 4 rings (SSSR count). The van der Waals surface area contributed by atoms with Gasteiger partial charge in [0, 0.05) is 39.3 Å². The largest absolute Gasteiger partial charge is 0.379 e. The Labute approximate surface area is 150 Å². The van der Waals surface area contributed by atoms with Crippen LogP contribution in [0.15, 0.2) is 24.3 Å². The summed E-state index contributed by atoms with van der Waals surface area (Å²) in [6, 6.07) is 8.68. The summed E-state index contributed by atoms with van der Waals surface area (Å²) in [5.41, 5.74) is 2.49. The van der Waals surface area contributed by atoms with Crippen LogP contribution in [0.4, 0.5) is 4.79 Å². The van der Waals surface area contributed by atoms with E-state index in [0.717, 1.165) is 57.8 Å². The van der Waals surface area contributed by atoms with E-state index >= 15 is 0 Å². The second kappa shape index (κ2) is 7.75. The average Bonchev–Trinajstić information content (AvgIpc) is 3.23. The van der Waals surface area contributed by atoms with Gasteiger partial charge in [0.2, 0.25) is 0 Å². The Balaban J connectivity index is 1.27. The molecule has 0 aromatic heterocycles. The van der Waals surface area contributed by atoms with Gasteiger partial charge in [0.05, 0.1) is 13.2 Å². The number of hydrogen-bond acceptors (Lipinski definition) is 3. The molecule has 5 nitrogen and oxygen atoms in total. The number of nitrogens with zero attached hydrogens (tertiary/aromatic N) is 2. The molecule has 2 unspecified atom stereocenters. The van der Waals surface area contributed by atoms with Crippen molar-refractivity contribution in [2.45, 2.75) is 32.4 Å². The molecule has 3 fully saturated rings. The van der Waals surface area contributed by atoms with Gasteiger partial charge >= 0.3 is 6.03 Å². The molecule has 0 bridgehead atoms. The van der Waals surface area contributed by atoms with Crippen LogP contribution in [0, 0.1) is 11.8 Å². The zero-order chi connectivity index (χ0) is 17.1. The molecule has 25 heavy (non-hydrogen) atoms. The van der Waals surface area contributed by atoms with E-state index in [9.17, 15) is 4.79 Å². The SMILES string of the molecule is O=C(NCc1cccc(CN2CCOCC2)c1)N1CC2CCCC2C1. The van der Waals surface area contributed by atoms with Crippen LogP contribution in [-0.4, -0.2) is 55.2 Å². The van der Waals surface area contributed by atoms with Crippen LogP contribution in [0.1, 0.15) is 30.4 Å². The first-order valence-corrected chi connectivity index (χ1v) is 9.68. The van der Waals surface area contributed by atoms with Gasteiger partial charge in [-0.05, 0) is 35.8 Å². The normalized spacial score (nSPS) is 26.6. The molecule has 0 radical (unpaired) electrons. The lowest BCUT2D eigenvalue weighted by Crippen LogP contribution is -2.38. The Hall–Kier alpha value is -1.59. The Morgan fingerprint density at radius 3 is 2.60 bits per heavy atom. The maximum atomic E-state index is 12.4. The molecule has 136 valence electrons. The van der Waals surface area contributed by atoms with Crippen molar-refractivity contribution >= 4 is 6.03 Å². The van der Waals surface area contributed by atoms with Crippen LogP contribution in [0.5, 0.6) is 0 Å². The maximum Gasteiger partial charge on any atom is 0.317 e. The van der Waals surface area contributed by atoms with Crippen molar-refractivity contribution < 1.29 is 9.53 Å². The zero-order valence-corrected chi connectivity index (χ0v) is 15.0. The van der Waals surface area contributed by atoms with Gasteiger partial charge in [-0.25, -0.2) is 4.79 Å². The summed E-state index contributed by atoms with van der Waals surface area (Å²) < 4.78 is 5.41. The number of amides is 2. The van der Waals surface area contributed by atoms with E-state index in [0.29, 0.717) is 6.54 Å². The quantitative estimate of drug-likeness (QED) is 0.913. The van der Waals surface area contributed by atoms with Crippen molar-refractivity contribution in [3.63, 3.8) is 0 Å². The van der Waals surface area contributed by atoms with E-state index in [1.54, 1.807) is 0 Å². The standard InChI is InChI=1S/C20H29N3O2/c24-20(23-14-18-5-2-6-19(18)15-23)21-12-16-3-1-4-17(11-16)13-22-7-9-25-10-8-22/h1,3-4,11,18-19H,2,5-10,12-15H2,(H,21,24). The van der Waals surface area contributed by atoms with E-state index in [4.69, 9.17) is 4.74 Å². The number of morpholine rings is 1. The summed E-state index contributed by atoms with van der Waals surface area (Å²) in [5.74, 6) is 1.50. The summed E-state index contributed by atoms with van der Waals surface area (Å²) in [5, 5.41) is 3.11. The second-order valence-corrected chi connectivity index (χ2v) is 7.72. The molecule has 2 amide bonds.